The van der Waals surface area contributed by atoms with E-state index < -0.39 is 0 Å². The van der Waals surface area contributed by atoms with Crippen LogP contribution >= 0.6 is 0 Å². The minimum Gasteiger partial charge on any atom is -0.350 e. The number of rotatable bonds is 3. The summed E-state index contributed by atoms with van der Waals surface area (Å²) >= 11 is 0. The third-order valence-electron chi connectivity index (χ3n) is 2.36. The lowest BCUT2D eigenvalue weighted by Gasteiger charge is -2.23. The second-order valence-corrected chi connectivity index (χ2v) is 3.62. The quantitative estimate of drug-likeness (QED) is 0.637. The minimum atomic E-state index is -0.0454. The van der Waals surface area contributed by atoms with Gasteiger partial charge in [-0.25, -0.2) is 4.68 Å². The molecule has 1 aliphatic rings. The highest BCUT2D eigenvalue weighted by atomic mass is 16.2. The molecule has 2 N–H and O–H groups in total. The van der Waals surface area contributed by atoms with E-state index in [1.165, 1.54) is 11.0 Å². The maximum absolute atomic E-state index is 11.5. The Morgan fingerprint density at radius 1 is 1.67 bits per heavy atom. The van der Waals surface area contributed by atoms with Crippen LogP contribution in [0.3, 0.4) is 0 Å². The van der Waals surface area contributed by atoms with Crippen molar-refractivity contribution in [3.63, 3.8) is 0 Å². The summed E-state index contributed by atoms with van der Waals surface area (Å²) in [5.41, 5.74) is 0. The predicted octanol–water partition coefficient (Wildman–Crippen LogP) is -1.46. The molecule has 0 bridgehead atoms. The molecule has 1 fully saturated rings. The van der Waals surface area contributed by atoms with Crippen molar-refractivity contribution in [3.8, 4) is 0 Å². The summed E-state index contributed by atoms with van der Waals surface area (Å²) in [5, 5.41) is 16.7. The summed E-state index contributed by atoms with van der Waals surface area (Å²) in [7, 11) is 0. The van der Waals surface area contributed by atoms with Crippen LogP contribution in [0.1, 0.15) is 12.8 Å². The molecule has 0 unspecified atom stereocenters. The third kappa shape index (κ3) is 2.98. The van der Waals surface area contributed by atoms with Crippen LogP contribution in [0, 0.1) is 0 Å². The second-order valence-electron chi connectivity index (χ2n) is 3.62. The van der Waals surface area contributed by atoms with Crippen molar-refractivity contribution in [2.75, 3.05) is 13.1 Å². The molecule has 0 spiro atoms. The highest BCUT2D eigenvalue weighted by Gasteiger charge is 2.15. The van der Waals surface area contributed by atoms with Gasteiger partial charge in [0.05, 0.1) is 0 Å². The van der Waals surface area contributed by atoms with E-state index in [4.69, 9.17) is 0 Å². The first-order valence-electron chi connectivity index (χ1n) is 5.05. The van der Waals surface area contributed by atoms with Crippen molar-refractivity contribution in [1.82, 2.24) is 30.8 Å². The van der Waals surface area contributed by atoms with E-state index in [0.29, 0.717) is 0 Å². The maximum Gasteiger partial charge on any atom is 0.242 e. The molecular formula is C8H14N6O. The van der Waals surface area contributed by atoms with Gasteiger partial charge < -0.3 is 10.6 Å². The Bertz CT molecular complexity index is 305. The number of carbonyl (C=O) groups is 1. The number of nitrogens with one attached hydrogen (secondary N) is 2. The van der Waals surface area contributed by atoms with Crippen molar-refractivity contribution >= 4 is 5.91 Å². The van der Waals surface area contributed by atoms with Crippen LogP contribution in [0.15, 0.2) is 6.33 Å². The largest absolute Gasteiger partial charge is 0.350 e. The van der Waals surface area contributed by atoms with Gasteiger partial charge in [-0.2, -0.15) is 0 Å². The van der Waals surface area contributed by atoms with Gasteiger partial charge in [0.2, 0.25) is 5.91 Å². The Hall–Kier alpha value is -1.50. The van der Waals surface area contributed by atoms with E-state index in [1.54, 1.807) is 0 Å². The number of amides is 1. The van der Waals surface area contributed by atoms with E-state index in [2.05, 4.69) is 26.2 Å². The van der Waals surface area contributed by atoms with Crippen LogP contribution in [0.4, 0.5) is 0 Å². The molecule has 1 atom stereocenters. The molecule has 7 heteroatoms. The van der Waals surface area contributed by atoms with E-state index in [0.717, 1.165) is 25.9 Å². The molecule has 1 aromatic heterocycles. The summed E-state index contributed by atoms with van der Waals surface area (Å²) in [6, 6.07) is 0.239. The van der Waals surface area contributed by atoms with Gasteiger partial charge in [-0.3, -0.25) is 4.79 Å². The first-order chi connectivity index (χ1) is 7.34. The molecule has 2 heterocycles. The van der Waals surface area contributed by atoms with Crippen LogP contribution in [0.25, 0.3) is 0 Å². The molecular weight excluding hydrogens is 196 g/mol. The third-order valence-corrected chi connectivity index (χ3v) is 2.36. The van der Waals surface area contributed by atoms with Gasteiger partial charge in [-0.1, -0.05) is 0 Å². The summed E-state index contributed by atoms with van der Waals surface area (Å²) in [6.45, 7) is 2.07. The standard InChI is InChI=1S/C8H14N6O/c15-8(5-14-6-10-12-13-14)11-7-2-1-3-9-4-7/h6-7,9H,1-5H2,(H,11,15)/t7-/m0/s1. The fourth-order valence-corrected chi connectivity index (χ4v) is 1.65. The lowest BCUT2D eigenvalue weighted by atomic mass is 10.1. The van der Waals surface area contributed by atoms with Gasteiger partial charge in [-0.05, 0) is 29.8 Å². The fourth-order valence-electron chi connectivity index (χ4n) is 1.65. The number of aromatic nitrogens is 4. The van der Waals surface area contributed by atoms with E-state index in [-0.39, 0.29) is 18.5 Å². The molecule has 82 valence electrons. The molecule has 0 saturated carbocycles. The van der Waals surface area contributed by atoms with Crippen LogP contribution in [-0.2, 0) is 11.3 Å². The number of carbonyl (C=O) groups excluding carboxylic acids is 1. The van der Waals surface area contributed by atoms with Crippen molar-refractivity contribution in [3.05, 3.63) is 6.33 Å². The van der Waals surface area contributed by atoms with Crippen LogP contribution in [0.2, 0.25) is 0 Å². The lowest BCUT2D eigenvalue weighted by Crippen LogP contribution is -2.46. The van der Waals surface area contributed by atoms with Crippen molar-refractivity contribution in [2.45, 2.75) is 25.4 Å². The molecule has 2 rings (SSSR count). The lowest BCUT2D eigenvalue weighted by molar-refractivity contribution is -0.122. The molecule has 15 heavy (non-hydrogen) atoms. The summed E-state index contributed by atoms with van der Waals surface area (Å²) in [5.74, 6) is -0.0454. The van der Waals surface area contributed by atoms with E-state index in [9.17, 15) is 4.79 Å². The van der Waals surface area contributed by atoms with Crippen molar-refractivity contribution < 1.29 is 4.79 Å². The Morgan fingerprint density at radius 2 is 2.60 bits per heavy atom. The van der Waals surface area contributed by atoms with Gasteiger partial charge in [0.1, 0.15) is 12.9 Å². The first-order valence-corrected chi connectivity index (χ1v) is 5.05. The van der Waals surface area contributed by atoms with Gasteiger partial charge in [0, 0.05) is 12.6 Å². The summed E-state index contributed by atoms with van der Waals surface area (Å²) in [6.07, 6.45) is 3.57. The summed E-state index contributed by atoms with van der Waals surface area (Å²) in [4.78, 5) is 11.5. The Kier molecular flexibility index (Phi) is 3.23. The average Bonchev–Trinajstić information content (AvgIpc) is 2.71. The van der Waals surface area contributed by atoms with Crippen LogP contribution < -0.4 is 10.6 Å². The number of piperidine rings is 1. The fraction of sp³-hybridized carbons (Fsp3) is 0.750. The Balaban J connectivity index is 1.76. The van der Waals surface area contributed by atoms with Crippen molar-refractivity contribution in [1.29, 1.82) is 0 Å². The zero-order valence-corrected chi connectivity index (χ0v) is 8.39. The number of hydrogen-bond acceptors (Lipinski definition) is 5. The SMILES string of the molecule is O=C(Cn1cnnn1)N[C@H]1CCCNC1. The smallest absolute Gasteiger partial charge is 0.242 e. The van der Waals surface area contributed by atoms with Gasteiger partial charge in [-0.15, -0.1) is 5.10 Å². The van der Waals surface area contributed by atoms with Crippen molar-refractivity contribution in [2.24, 2.45) is 0 Å². The average molecular weight is 210 g/mol. The number of hydrogen-bond donors (Lipinski definition) is 2. The Labute approximate surface area is 87.2 Å². The maximum atomic E-state index is 11.5. The molecule has 0 aromatic carbocycles. The number of tetrazole rings is 1. The van der Waals surface area contributed by atoms with E-state index >= 15 is 0 Å². The summed E-state index contributed by atoms with van der Waals surface area (Å²) < 4.78 is 1.41. The topological polar surface area (TPSA) is 84.7 Å². The second kappa shape index (κ2) is 4.83. The zero-order chi connectivity index (χ0) is 10.5. The van der Waals surface area contributed by atoms with Gasteiger partial charge in [0.15, 0.2) is 0 Å². The van der Waals surface area contributed by atoms with Crippen LogP contribution in [-0.4, -0.2) is 45.2 Å². The highest BCUT2D eigenvalue weighted by Crippen LogP contribution is 2.00. The molecule has 7 nitrogen and oxygen atoms in total. The first kappa shape index (κ1) is 10.0. The zero-order valence-electron chi connectivity index (χ0n) is 8.39. The normalized spacial score (nSPS) is 21.2. The van der Waals surface area contributed by atoms with Crippen LogP contribution in [0.5, 0.6) is 0 Å². The molecule has 1 aliphatic heterocycles. The monoisotopic (exact) mass is 210 g/mol. The highest BCUT2D eigenvalue weighted by molar-refractivity contribution is 5.75. The molecule has 1 amide bonds. The van der Waals surface area contributed by atoms with E-state index in [1.807, 2.05) is 0 Å². The molecule has 0 radical (unpaired) electrons. The van der Waals surface area contributed by atoms with Gasteiger partial charge >= 0.3 is 0 Å². The molecule has 1 saturated heterocycles. The molecule has 1 aromatic rings. The Morgan fingerprint density at radius 3 is 3.27 bits per heavy atom. The molecule has 0 aliphatic carbocycles. The number of nitrogens with zero attached hydrogens (tertiary/aromatic N) is 4. The van der Waals surface area contributed by atoms with Gasteiger partial charge in [0.25, 0.3) is 0 Å². The minimum absolute atomic E-state index is 0.0454. The predicted molar refractivity (Wildman–Crippen MR) is 51.9 cm³/mol.